The molecule has 0 saturated carbocycles. The number of aromatic nitrogens is 2. The molecule has 0 bridgehead atoms. The van der Waals surface area contributed by atoms with Gasteiger partial charge in [0.2, 0.25) is 0 Å². The van der Waals surface area contributed by atoms with E-state index < -0.39 is 0 Å². The lowest BCUT2D eigenvalue weighted by Crippen LogP contribution is -2.40. The molecule has 3 heterocycles. The van der Waals surface area contributed by atoms with Gasteiger partial charge in [0.15, 0.2) is 5.69 Å². The molecular weight excluding hydrogens is 423 g/mol. The van der Waals surface area contributed by atoms with Gasteiger partial charge in [0.1, 0.15) is 5.75 Å². The summed E-state index contributed by atoms with van der Waals surface area (Å²) in [6, 6.07) is 12.9. The van der Waals surface area contributed by atoms with Crippen LogP contribution in [0.25, 0.3) is 16.9 Å². The highest BCUT2D eigenvalue weighted by atomic mass is 35.5. The Morgan fingerprint density at radius 2 is 1.77 bits per heavy atom. The first kappa shape index (κ1) is 19.4. The Morgan fingerprint density at radius 1 is 1.03 bits per heavy atom. The summed E-state index contributed by atoms with van der Waals surface area (Å²) >= 11 is 12.3. The average Bonchev–Trinajstić information content (AvgIpc) is 3.33. The Morgan fingerprint density at radius 3 is 2.53 bits per heavy atom. The minimum atomic E-state index is -0.196. The fourth-order valence-corrected chi connectivity index (χ4v) is 4.30. The van der Waals surface area contributed by atoms with E-state index in [-0.39, 0.29) is 5.91 Å². The second kappa shape index (κ2) is 7.95. The van der Waals surface area contributed by atoms with Crippen LogP contribution in [0.3, 0.4) is 0 Å². The average molecular weight is 443 g/mol. The lowest BCUT2D eigenvalue weighted by molar-refractivity contribution is 0.0819. The van der Waals surface area contributed by atoms with E-state index >= 15 is 0 Å². The Kier molecular flexibility index (Phi) is 5.15. The van der Waals surface area contributed by atoms with E-state index in [0.717, 1.165) is 48.4 Å². The van der Waals surface area contributed by atoms with Gasteiger partial charge in [-0.05, 0) is 55.3 Å². The van der Waals surface area contributed by atoms with Crippen molar-refractivity contribution in [2.24, 2.45) is 0 Å². The maximum absolute atomic E-state index is 13.1. The molecule has 2 aromatic carbocycles. The molecule has 8 heteroatoms. The molecule has 1 N–H and O–H groups in total. The molecule has 1 amide bonds. The Labute approximate surface area is 184 Å². The van der Waals surface area contributed by atoms with Crippen LogP contribution in [0.4, 0.5) is 0 Å². The highest BCUT2D eigenvalue weighted by Gasteiger charge is 2.29. The molecule has 30 heavy (non-hydrogen) atoms. The third-order valence-corrected chi connectivity index (χ3v) is 5.93. The Balaban J connectivity index is 1.67. The van der Waals surface area contributed by atoms with Crippen molar-refractivity contribution in [2.75, 3.05) is 19.7 Å². The zero-order valence-corrected chi connectivity index (χ0v) is 17.7. The number of rotatable bonds is 3. The van der Waals surface area contributed by atoms with Crippen molar-refractivity contribution in [2.45, 2.75) is 19.3 Å². The molecule has 0 aliphatic carbocycles. The summed E-state index contributed by atoms with van der Waals surface area (Å²) in [6.45, 7) is 2.16. The molecule has 3 aromatic rings. The first-order valence-electron chi connectivity index (χ1n) is 9.96. The minimum absolute atomic E-state index is 0.196. The van der Waals surface area contributed by atoms with Gasteiger partial charge in [-0.25, -0.2) is 9.69 Å². The first-order valence-corrected chi connectivity index (χ1v) is 10.7. The quantitative estimate of drug-likeness (QED) is 0.647. The topological polar surface area (TPSA) is 59.4 Å². The van der Waals surface area contributed by atoms with Crippen LogP contribution in [0.2, 0.25) is 10.0 Å². The summed E-state index contributed by atoms with van der Waals surface area (Å²) in [5.74, 6) is 0.487. The van der Waals surface area contributed by atoms with Gasteiger partial charge in [-0.2, -0.15) is 5.10 Å². The maximum Gasteiger partial charge on any atom is 0.286 e. The number of ether oxygens (including phenoxy) is 1. The van der Waals surface area contributed by atoms with Gasteiger partial charge in [-0.1, -0.05) is 23.2 Å². The highest BCUT2D eigenvalue weighted by molar-refractivity contribution is 6.31. The molecule has 0 radical (unpaired) electrons. The molecule has 1 aromatic heterocycles. The number of amides is 1. The van der Waals surface area contributed by atoms with E-state index in [1.165, 1.54) is 0 Å². The smallest absolute Gasteiger partial charge is 0.286 e. The van der Waals surface area contributed by atoms with Gasteiger partial charge in [0.25, 0.3) is 5.91 Å². The largest absolute Gasteiger partial charge is 0.492 e. The molecule has 0 atom stereocenters. The molecule has 1 saturated heterocycles. The van der Waals surface area contributed by atoms with Crippen molar-refractivity contribution in [3.05, 3.63) is 63.8 Å². The van der Waals surface area contributed by atoms with Gasteiger partial charge in [-0.3, -0.25) is 10.2 Å². The van der Waals surface area contributed by atoms with E-state index in [1.54, 1.807) is 10.7 Å². The van der Waals surface area contributed by atoms with Crippen LogP contribution in [0.5, 0.6) is 5.75 Å². The van der Waals surface area contributed by atoms with Crippen molar-refractivity contribution in [1.29, 1.82) is 0 Å². The van der Waals surface area contributed by atoms with Crippen LogP contribution in [0.15, 0.2) is 42.5 Å². The number of nitrogens with one attached hydrogen (secondary N) is 1. The van der Waals surface area contributed by atoms with Crippen molar-refractivity contribution in [3.63, 3.8) is 0 Å². The third-order valence-electron chi connectivity index (χ3n) is 5.44. The number of hydrazine groups is 1. The van der Waals surface area contributed by atoms with Crippen molar-refractivity contribution >= 4 is 29.1 Å². The first-order chi connectivity index (χ1) is 14.6. The maximum atomic E-state index is 13.1. The summed E-state index contributed by atoms with van der Waals surface area (Å²) in [5, 5.41) is 7.94. The number of nitrogens with zero attached hydrogens (tertiary/aromatic N) is 3. The number of halogens is 2. The normalized spacial score (nSPS) is 15.8. The number of fused-ring (bicyclic) bond motifs is 3. The van der Waals surface area contributed by atoms with Gasteiger partial charge < -0.3 is 4.74 Å². The van der Waals surface area contributed by atoms with Crippen LogP contribution in [-0.2, 0) is 6.42 Å². The lowest BCUT2D eigenvalue weighted by Gasteiger charge is -2.15. The van der Waals surface area contributed by atoms with E-state index in [1.807, 2.05) is 41.4 Å². The van der Waals surface area contributed by atoms with Gasteiger partial charge >= 0.3 is 0 Å². The molecule has 1 fully saturated rings. The van der Waals surface area contributed by atoms with Gasteiger partial charge in [-0.15, -0.1) is 0 Å². The van der Waals surface area contributed by atoms with E-state index in [9.17, 15) is 4.79 Å². The van der Waals surface area contributed by atoms with E-state index in [2.05, 4.69) is 5.43 Å². The summed E-state index contributed by atoms with van der Waals surface area (Å²) in [5.41, 5.74) is 6.80. The molecule has 154 valence electrons. The molecule has 5 rings (SSSR count). The molecule has 6 nitrogen and oxygen atoms in total. The Hall–Kier alpha value is -2.54. The van der Waals surface area contributed by atoms with Crippen LogP contribution in [0, 0.1) is 0 Å². The summed E-state index contributed by atoms with van der Waals surface area (Å²) < 4.78 is 7.76. The molecule has 2 aliphatic heterocycles. The monoisotopic (exact) mass is 442 g/mol. The van der Waals surface area contributed by atoms with Crippen LogP contribution >= 0.6 is 23.2 Å². The molecule has 2 aliphatic rings. The van der Waals surface area contributed by atoms with Crippen LogP contribution in [-0.4, -0.2) is 40.4 Å². The van der Waals surface area contributed by atoms with Gasteiger partial charge in [0.05, 0.1) is 18.0 Å². The zero-order chi connectivity index (χ0) is 20.7. The number of hydrogen-bond acceptors (Lipinski definition) is 4. The number of benzene rings is 2. The summed E-state index contributed by atoms with van der Waals surface area (Å²) in [7, 11) is 0. The third kappa shape index (κ3) is 3.55. The number of hydrogen-bond donors (Lipinski definition) is 1. The number of carbonyl (C=O) groups excluding carboxylic acids is 1. The molecule has 0 spiro atoms. The van der Waals surface area contributed by atoms with E-state index in [0.29, 0.717) is 34.5 Å². The molecular formula is C22H20Cl2N4O2. The minimum Gasteiger partial charge on any atom is -0.492 e. The SMILES string of the molecule is O=C(NN1CCCC1)c1nn(-c2ccc(Cl)cc2)c2c1CCOc1cc(Cl)ccc1-2. The van der Waals surface area contributed by atoms with Crippen molar-refractivity contribution in [1.82, 2.24) is 20.2 Å². The van der Waals surface area contributed by atoms with E-state index in [4.69, 9.17) is 33.0 Å². The zero-order valence-electron chi connectivity index (χ0n) is 16.2. The fourth-order valence-electron chi connectivity index (χ4n) is 4.02. The molecule has 0 unspecified atom stereocenters. The second-order valence-corrected chi connectivity index (χ2v) is 8.31. The predicted molar refractivity (Wildman–Crippen MR) is 116 cm³/mol. The standard InChI is InChI=1S/C22H20Cl2N4O2/c23-14-3-6-16(7-4-14)28-21-17-8-5-15(24)13-19(17)30-12-9-18(21)20(25-28)22(29)26-27-10-1-2-11-27/h3-8,13H,1-2,9-12H2,(H,26,29). The predicted octanol–water partition coefficient (Wildman–Crippen LogP) is 4.52. The summed E-state index contributed by atoms with van der Waals surface area (Å²) in [4.78, 5) is 13.1. The van der Waals surface area contributed by atoms with Crippen molar-refractivity contribution < 1.29 is 9.53 Å². The number of carbonyl (C=O) groups is 1. The Bertz CT molecular complexity index is 1110. The fraction of sp³-hybridized carbons (Fsp3) is 0.273. The van der Waals surface area contributed by atoms with Crippen LogP contribution in [0.1, 0.15) is 28.9 Å². The lowest BCUT2D eigenvalue weighted by atomic mass is 10.0. The highest BCUT2D eigenvalue weighted by Crippen LogP contribution is 2.39. The van der Waals surface area contributed by atoms with Crippen molar-refractivity contribution in [3.8, 4) is 22.7 Å². The second-order valence-electron chi connectivity index (χ2n) is 7.44. The summed E-state index contributed by atoms with van der Waals surface area (Å²) in [6.07, 6.45) is 2.73. The van der Waals surface area contributed by atoms with Gasteiger partial charge in [0, 0.05) is 40.7 Å². The van der Waals surface area contributed by atoms with Crippen LogP contribution < -0.4 is 10.2 Å².